The van der Waals surface area contributed by atoms with E-state index in [0.29, 0.717) is 16.6 Å². The summed E-state index contributed by atoms with van der Waals surface area (Å²) in [5.41, 5.74) is 9.83. The van der Waals surface area contributed by atoms with Crippen LogP contribution < -0.4 is 16.0 Å². The van der Waals surface area contributed by atoms with Crippen LogP contribution in [-0.4, -0.2) is 31.2 Å². The maximum absolute atomic E-state index is 6.54. The molecule has 4 rings (SSSR count). The van der Waals surface area contributed by atoms with Crippen molar-refractivity contribution in [3.63, 3.8) is 0 Å². The Morgan fingerprint density at radius 2 is 1.69 bits per heavy atom. The van der Waals surface area contributed by atoms with E-state index in [1.807, 2.05) is 30.3 Å². The summed E-state index contributed by atoms with van der Waals surface area (Å²) in [6, 6.07) is 14.2. The Labute approximate surface area is 162 Å². The number of aromatic nitrogens is 1. The normalized spacial score (nSPS) is 14.8. The van der Waals surface area contributed by atoms with E-state index in [0.717, 1.165) is 59.6 Å². The molecule has 0 amide bonds. The lowest BCUT2D eigenvalue weighted by atomic mass is 10.0. The molecule has 0 atom stereocenters. The summed E-state index contributed by atoms with van der Waals surface area (Å²) in [6.07, 6.45) is 0. The first-order valence-electron chi connectivity index (χ1n) is 8.70. The van der Waals surface area contributed by atoms with Gasteiger partial charge < -0.3 is 16.0 Å². The monoisotopic (exact) mass is 386 g/mol. The molecular weight excluding hydrogens is 367 g/mol. The smallest absolute Gasteiger partial charge is 0.148 e. The number of hydrogen-bond donors (Lipinski definition) is 2. The molecule has 1 aliphatic rings. The minimum Gasteiger partial charge on any atom is -0.353 e. The fourth-order valence-electron chi connectivity index (χ4n) is 3.33. The van der Waals surface area contributed by atoms with Crippen LogP contribution in [0.5, 0.6) is 0 Å². The molecule has 0 saturated carbocycles. The molecule has 2 heterocycles. The van der Waals surface area contributed by atoms with Crippen LogP contribution in [0.2, 0.25) is 10.0 Å². The molecule has 1 saturated heterocycles. The van der Waals surface area contributed by atoms with E-state index in [-0.39, 0.29) is 0 Å². The third kappa shape index (κ3) is 3.38. The second kappa shape index (κ2) is 7.41. The van der Waals surface area contributed by atoms with E-state index in [1.54, 1.807) is 0 Å². The second-order valence-electron chi connectivity index (χ2n) is 6.45. The van der Waals surface area contributed by atoms with Gasteiger partial charge in [0.2, 0.25) is 0 Å². The molecule has 2 aromatic carbocycles. The lowest BCUT2D eigenvalue weighted by Crippen LogP contribution is -2.44. The Morgan fingerprint density at radius 1 is 0.962 bits per heavy atom. The molecule has 26 heavy (non-hydrogen) atoms. The van der Waals surface area contributed by atoms with Gasteiger partial charge >= 0.3 is 0 Å². The zero-order chi connectivity index (χ0) is 18.1. The fraction of sp³-hybridized carbons (Fsp3) is 0.250. The van der Waals surface area contributed by atoms with Crippen LogP contribution in [-0.2, 0) is 6.54 Å². The maximum atomic E-state index is 6.54. The SMILES string of the molecule is NCc1cc(-c2ccc3nc(N4CCNCC4)c(Cl)cc3c2)ccc1Cl. The van der Waals surface area contributed by atoms with Crippen LogP contribution in [0.25, 0.3) is 22.0 Å². The summed E-state index contributed by atoms with van der Waals surface area (Å²) in [6.45, 7) is 4.16. The quantitative estimate of drug-likeness (QED) is 0.711. The standard InChI is InChI=1S/C20H20Cl2N4/c21-17-3-1-13(10-16(17)12-23)14-2-4-19-15(9-14)11-18(22)20(25-19)26-7-5-24-6-8-26/h1-4,9-11,24H,5-8,12,23H2. The first-order valence-corrected chi connectivity index (χ1v) is 9.46. The third-order valence-electron chi connectivity index (χ3n) is 4.77. The fourth-order valence-corrected chi connectivity index (χ4v) is 3.80. The number of nitrogens with zero attached hydrogens (tertiary/aromatic N) is 2. The molecule has 1 aliphatic heterocycles. The number of rotatable bonds is 3. The van der Waals surface area contributed by atoms with Gasteiger partial charge in [-0.3, -0.25) is 0 Å². The summed E-state index contributed by atoms with van der Waals surface area (Å²) < 4.78 is 0. The lowest BCUT2D eigenvalue weighted by molar-refractivity contribution is 0.585. The Hall–Kier alpha value is -1.85. The molecule has 0 radical (unpaired) electrons. The van der Waals surface area contributed by atoms with Gasteiger partial charge in [0, 0.05) is 43.1 Å². The minimum atomic E-state index is 0.418. The average molecular weight is 387 g/mol. The molecule has 3 N–H and O–H groups in total. The van der Waals surface area contributed by atoms with Crippen molar-refractivity contribution >= 4 is 39.9 Å². The van der Waals surface area contributed by atoms with Crippen LogP contribution in [0.3, 0.4) is 0 Å². The number of benzene rings is 2. The molecule has 0 unspecified atom stereocenters. The van der Waals surface area contributed by atoms with E-state index in [2.05, 4.69) is 22.3 Å². The van der Waals surface area contributed by atoms with Crippen LogP contribution in [0.4, 0.5) is 5.82 Å². The van der Waals surface area contributed by atoms with Crippen molar-refractivity contribution in [1.29, 1.82) is 0 Å². The van der Waals surface area contributed by atoms with Crippen molar-refractivity contribution in [1.82, 2.24) is 10.3 Å². The van der Waals surface area contributed by atoms with Crippen molar-refractivity contribution in [2.45, 2.75) is 6.54 Å². The van der Waals surface area contributed by atoms with Gasteiger partial charge in [0.25, 0.3) is 0 Å². The number of nitrogens with one attached hydrogen (secondary N) is 1. The first kappa shape index (κ1) is 17.6. The van der Waals surface area contributed by atoms with Crippen LogP contribution >= 0.6 is 23.2 Å². The van der Waals surface area contributed by atoms with Crippen molar-refractivity contribution in [2.75, 3.05) is 31.1 Å². The Bertz CT molecular complexity index is 952. The van der Waals surface area contributed by atoms with Gasteiger partial charge in [-0.2, -0.15) is 0 Å². The van der Waals surface area contributed by atoms with Crippen molar-refractivity contribution < 1.29 is 0 Å². The van der Waals surface area contributed by atoms with E-state index in [4.69, 9.17) is 33.9 Å². The molecule has 3 aromatic rings. The molecule has 134 valence electrons. The van der Waals surface area contributed by atoms with Crippen LogP contribution in [0.1, 0.15) is 5.56 Å². The Kier molecular flexibility index (Phi) is 5.00. The second-order valence-corrected chi connectivity index (χ2v) is 7.26. The maximum Gasteiger partial charge on any atom is 0.148 e. The predicted molar refractivity (Wildman–Crippen MR) is 110 cm³/mol. The summed E-state index contributed by atoms with van der Waals surface area (Å²) in [5.74, 6) is 0.866. The molecule has 0 bridgehead atoms. The molecule has 1 fully saturated rings. The number of fused-ring (bicyclic) bond motifs is 1. The highest BCUT2D eigenvalue weighted by Gasteiger charge is 2.16. The predicted octanol–water partition coefficient (Wildman–Crippen LogP) is 4.08. The van der Waals surface area contributed by atoms with Crippen LogP contribution in [0.15, 0.2) is 42.5 Å². The number of pyridine rings is 1. The van der Waals surface area contributed by atoms with Crippen molar-refractivity contribution in [3.05, 3.63) is 58.1 Å². The molecule has 4 nitrogen and oxygen atoms in total. The van der Waals surface area contributed by atoms with Gasteiger partial charge in [-0.15, -0.1) is 0 Å². The first-order chi connectivity index (χ1) is 12.7. The summed E-state index contributed by atoms with van der Waals surface area (Å²) >= 11 is 12.7. The number of halogens is 2. The topological polar surface area (TPSA) is 54.2 Å². The Balaban J connectivity index is 1.74. The summed E-state index contributed by atoms with van der Waals surface area (Å²) in [7, 11) is 0. The van der Waals surface area contributed by atoms with Gasteiger partial charge in [-0.05, 0) is 47.0 Å². The van der Waals surface area contributed by atoms with Gasteiger partial charge in [-0.1, -0.05) is 35.3 Å². The number of anilines is 1. The van der Waals surface area contributed by atoms with Crippen molar-refractivity contribution in [3.8, 4) is 11.1 Å². The van der Waals surface area contributed by atoms with Gasteiger partial charge in [0.15, 0.2) is 0 Å². The highest BCUT2D eigenvalue weighted by molar-refractivity contribution is 6.33. The minimum absolute atomic E-state index is 0.418. The van der Waals surface area contributed by atoms with Crippen LogP contribution in [0, 0.1) is 0 Å². The van der Waals surface area contributed by atoms with E-state index >= 15 is 0 Å². The van der Waals surface area contributed by atoms with Gasteiger partial charge in [-0.25, -0.2) is 4.98 Å². The van der Waals surface area contributed by atoms with Gasteiger partial charge in [0.05, 0.1) is 10.5 Å². The van der Waals surface area contributed by atoms with E-state index in [1.165, 1.54) is 0 Å². The van der Waals surface area contributed by atoms with Gasteiger partial charge in [0.1, 0.15) is 5.82 Å². The molecule has 0 spiro atoms. The summed E-state index contributed by atoms with van der Waals surface area (Å²) in [4.78, 5) is 7.04. The third-order valence-corrected chi connectivity index (χ3v) is 5.41. The number of hydrogen-bond acceptors (Lipinski definition) is 4. The lowest BCUT2D eigenvalue weighted by Gasteiger charge is -2.29. The molecule has 0 aliphatic carbocycles. The summed E-state index contributed by atoms with van der Waals surface area (Å²) in [5, 5.41) is 5.76. The molecule has 6 heteroatoms. The zero-order valence-electron chi connectivity index (χ0n) is 14.3. The number of piperazine rings is 1. The largest absolute Gasteiger partial charge is 0.353 e. The van der Waals surface area contributed by atoms with E-state index in [9.17, 15) is 0 Å². The highest BCUT2D eigenvalue weighted by atomic mass is 35.5. The number of nitrogens with two attached hydrogens (primary N) is 1. The molecule has 1 aromatic heterocycles. The average Bonchev–Trinajstić information content (AvgIpc) is 2.68. The van der Waals surface area contributed by atoms with E-state index < -0.39 is 0 Å². The van der Waals surface area contributed by atoms with Crippen molar-refractivity contribution in [2.24, 2.45) is 5.73 Å². The molecular formula is C20H20Cl2N4. The highest BCUT2D eigenvalue weighted by Crippen LogP contribution is 2.32. The Morgan fingerprint density at radius 3 is 2.46 bits per heavy atom. The zero-order valence-corrected chi connectivity index (χ0v) is 15.8.